The highest BCUT2D eigenvalue weighted by atomic mass is 16.7. The number of methoxy groups -OCH3 is 3. The summed E-state index contributed by atoms with van der Waals surface area (Å²) in [5, 5.41) is 22.5. The molecule has 2 saturated heterocycles. The molecular weight excluding hydrogens is 556 g/mol. The Hall–Kier alpha value is -1.89. The van der Waals surface area contributed by atoms with Gasteiger partial charge in [-0.1, -0.05) is 42.9 Å². The number of carbonyl (C=O) groups is 1. The summed E-state index contributed by atoms with van der Waals surface area (Å²) < 4.78 is 41.8. The fraction of sp³-hybridized carbons (Fsp3) is 0.727. The van der Waals surface area contributed by atoms with Gasteiger partial charge in [-0.2, -0.15) is 0 Å². The average molecular weight is 609 g/mol. The second kappa shape index (κ2) is 16.4. The fourth-order valence-corrected chi connectivity index (χ4v) is 5.96. The third kappa shape index (κ3) is 9.08. The van der Waals surface area contributed by atoms with E-state index in [-0.39, 0.29) is 18.4 Å². The van der Waals surface area contributed by atoms with Crippen LogP contribution < -0.4 is 0 Å². The van der Waals surface area contributed by atoms with Crippen LogP contribution in [0.3, 0.4) is 0 Å². The van der Waals surface area contributed by atoms with Crippen LogP contribution in [0.1, 0.15) is 59.8 Å². The number of ether oxygens (including phenoxy) is 7. The zero-order valence-corrected chi connectivity index (χ0v) is 26.7. The normalized spacial score (nSPS) is 41.4. The van der Waals surface area contributed by atoms with E-state index >= 15 is 0 Å². The molecule has 0 aromatic heterocycles. The molecule has 0 radical (unpaired) electrons. The topological polar surface area (TPSA) is 122 Å². The number of unbranched alkanes of at least 4 members (excludes halogenated alkanes) is 1. The fourth-order valence-electron chi connectivity index (χ4n) is 5.96. The van der Waals surface area contributed by atoms with Gasteiger partial charge in [0.2, 0.25) is 0 Å². The second-order valence-corrected chi connectivity index (χ2v) is 11.9. The van der Waals surface area contributed by atoms with E-state index in [0.717, 1.165) is 18.4 Å². The van der Waals surface area contributed by atoms with Crippen LogP contribution in [-0.4, -0.2) is 98.4 Å². The number of carbonyl (C=O) groups excluding carboxylic acids is 1. The zero-order valence-electron chi connectivity index (χ0n) is 26.7. The van der Waals surface area contributed by atoms with E-state index in [9.17, 15) is 15.0 Å². The van der Waals surface area contributed by atoms with Crippen molar-refractivity contribution in [2.45, 2.75) is 121 Å². The van der Waals surface area contributed by atoms with E-state index in [1.165, 1.54) is 14.2 Å². The first-order chi connectivity index (χ1) is 20.5. The van der Waals surface area contributed by atoms with Crippen LogP contribution in [0.2, 0.25) is 0 Å². The second-order valence-electron chi connectivity index (χ2n) is 11.9. The molecular formula is C33H52O10. The SMILES string of the molecule is C=CCC/C=C/C=C/[C@@H]1CC(C)=C[C@@H](OC)C[C@@H]2O[C@@](O)(C[C@H](O[C@@H]3O[C@@H](C)[C@H](O)[C@@H](OC)[C@H]3OC)[C@@H]2C)[C@H](C)C(=O)O1. The minimum atomic E-state index is -1.88. The van der Waals surface area contributed by atoms with E-state index in [0.29, 0.717) is 12.8 Å². The van der Waals surface area contributed by atoms with Crippen LogP contribution in [-0.2, 0) is 38.0 Å². The Morgan fingerprint density at radius 1 is 1.09 bits per heavy atom. The average Bonchev–Trinajstić information content (AvgIpc) is 2.97. The number of hydrogen-bond acceptors (Lipinski definition) is 10. The van der Waals surface area contributed by atoms with Crippen molar-refractivity contribution in [1.82, 2.24) is 0 Å². The number of cyclic esters (lactones) is 1. The predicted octanol–water partition coefficient (Wildman–Crippen LogP) is 4.00. The summed E-state index contributed by atoms with van der Waals surface area (Å²) in [5.74, 6) is -3.69. The first kappa shape index (κ1) is 35.6. The lowest BCUT2D eigenvalue weighted by atomic mass is 9.81. The minimum absolute atomic E-state index is 0.00905. The Morgan fingerprint density at radius 3 is 2.47 bits per heavy atom. The number of rotatable bonds is 10. The Kier molecular flexibility index (Phi) is 13.6. The van der Waals surface area contributed by atoms with Gasteiger partial charge in [0, 0.05) is 46.5 Å². The molecule has 2 N–H and O–H groups in total. The molecule has 0 aromatic rings. The smallest absolute Gasteiger partial charge is 0.314 e. The van der Waals surface area contributed by atoms with Crippen molar-refractivity contribution >= 4 is 5.97 Å². The molecule has 10 heteroatoms. The van der Waals surface area contributed by atoms with E-state index < -0.39 is 66.7 Å². The van der Waals surface area contributed by atoms with Gasteiger partial charge in [0.1, 0.15) is 30.3 Å². The number of esters is 1. The predicted molar refractivity (Wildman–Crippen MR) is 161 cm³/mol. The quantitative estimate of drug-likeness (QED) is 0.163. The number of aliphatic hydroxyl groups is 2. The minimum Gasteiger partial charge on any atom is -0.457 e. The Morgan fingerprint density at radius 2 is 1.81 bits per heavy atom. The lowest BCUT2D eigenvalue weighted by Crippen LogP contribution is -2.62. The Labute approximate surface area is 256 Å². The number of allylic oxidation sites excluding steroid dienone is 4. The van der Waals surface area contributed by atoms with Crippen LogP contribution in [0.5, 0.6) is 0 Å². The summed E-state index contributed by atoms with van der Waals surface area (Å²) in [6.07, 6.45) is 8.47. The van der Waals surface area contributed by atoms with Crippen molar-refractivity contribution in [2.75, 3.05) is 21.3 Å². The molecule has 3 aliphatic rings. The molecule has 0 saturated carbocycles. The summed E-state index contributed by atoms with van der Waals surface area (Å²) in [6, 6.07) is 0. The highest BCUT2D eigenvalue weighted by molar-refractivity contribution is 5.73. The summed E-state index contributed by atoms with van der Waals surface area (Å²) in [7, 11) is 4.64. The maximum absolute atomic E-state index is 13.5. The summed E-state index contributed by atoms with van der Waals surface area (Å²) in [6.45, 7) is 11.0. The molecule has 3 rings (SSSR count). The van der Waals surface area contributed by atoms with Crippen LogP contribution in [0, 0.1) is 11.8 Å². The van der Waals surface area contributed by atoms with Crippen molar-refractivity contribution < 1.29 is 48.2 Å². The first-order valence-corrected chi connectivity index (χ1v) is 15.3. The Balaban J connectivity index is 1.90. The molecule has 10 nitrogen and oxygen atoms in total. The van der Waals surface area contributed by atoms with Gasteiger partial charge in [0.15, 0.2) is 12.1 Å². The van der Waals surface area contributed by atoms with Gasteiger partial charge in [-0.25, -0.2) is 0 Å². The third-order valence-electron chi connectivity index (χ3n) is 8.80. The largest absolute Gasteiger partial charge is 0.457 e. The number of hydrogen-bond donors (Lipinski definition) is 2. The molecule has 244 valence electrons. The van der Waals surface area contributed by atoms with Crippen LogP contribution in [0.25, 0.3) is 0 Å². The van der Waals surface area contributed by atoms with Crippen LogP contribution in [0.15, 0.2) is 48.6 Å². The zero-order chi connectivity index (χ0) is 31.7. The van der Waals surface area contributed by atoms with Gasteiger partial charge in [0.25, 0.3) is 0 Å². The molecule has 0 unspecified atom stereocenters. The van der Waals surface area contributed by atoms with E-state index in [4.69, 9.17) is 33.2 Å². The summed E-state index contributed by atoms with van der Waals surface area (Å²) >= 11 is 0. The highest BCUT2D eigenvalue weighted by Gasteiger charge is 2.53. The van der Waals surface area contributed by atoms with Gasteiger partial charge in [-0.05, 0) is 39.7 Å². The lowest BCUT2D eigenvalue weighted by molar-refractivity contribution is -0.354. The molecule has 2 fully saturated rings. The van der Waals surface area contributed by atoms with Gasteiger partial charge in [-0.3, -0.25) is 4.79 Å². The van der Waals surface area contributed by atoms with E-state index in [1.807, 2.05) is 50.3 Å². The monoisotopic (exact) mass is 608 g/mol. The van der Waals surface area contributed by atoms with Crippen LogP contribution in [0.4, 0.5) is 0 Å². The highest BCUT2D eigenvalue weighted by Crippen LogP contribution is 2.42. The maximum atomic E-state index is 13.5. The summed E-state index contributed by atoms with van der Waals surface area (Å²) in [5.41, 5.74) is 1.00. The molecule has 0 amide bonds. The van der Waals surface area contributed by atoms with Gasteiger partial charge < -0.3 is 43.4 Å². The van der Waals surface area contributed by atoms with Crippen molar-refractivity contribution in [3.63, 3.8) is 0 Å². The van der Waals surface area contributed by atoms with Crippen molar-refractivity contribution in [2.24, 2.45) is 11.8 Å². The number of aliphatic hydroxyl groups excluding tert-OH is 1. The molecule has 43 heavy (non-hydrogen) atoms. The lowest BCUT2D eigenvalue weighted by Gasteiger charge is -2.50. The van der Waals surface area contributed by atoms with Crippen molar-refractivity contribution in [1.29, 1.82) is 0 Å². The standard InChI is InChI=1S/C33H52O10/c1-9-10-11-12-13-14-15-24-16-20(2)17-25(37-6)18-26-21(3)27(19-33(36,43-26)22(4)31(35)41-24)42-32-30(39-8)29(38-7)28(34)23(5)40-32/h9,12-15,17,21-30,32,34,36H,1,10-11,16,18-19H2,2-8H3/b13-12+,15-14+,20-17?/t21-,22-,23+,24-,25-,26+,27+,28+,29-,30-,32+,33+/m1/s1. The van der Waals surface area contributed by atoms with Gasteiger partial charge >= 0.3 is 5.97 Å². The van der Waals surface area contributed by atoms with E-state index in [2.05, 4.69) is 6.58 Å². The molecule has 0 spiro atoms. The van der Waals surface area contributed by atoms with Gasteiger partial charge in [-0.15, -0.1) is 6.58 Å². The van der Waals surface area contributed by atoms with Crippen molar-refractivity contribution in [3.8, 4) is 0 Å². The molecule has 0 aliphatic carbocycles. The molecule has 3 heterocycles. The number of fused-ring (bicyclic) bond motifs is 2. The third-order valence-corrected chi connectivity index (χ3v) is 8.80. The maximum Gasteiger partial charge on any atom is 0.314 e. The van der Waals surface area contributed by atoms with Gasteiger partial charge in [0.05, 0.1) is 24.4 Å². The first-order valence-electron chi connectivity index (χ1n) is 15.3. The molecule has 0 aromatic carbocycles. The van der Waals surface area contributed by atoms with Crippen LogP contribution >= 0.6 is 0 Å². The molecule has 12 atom stereocenters. The van der Waals surface area contributed by atoms with E-state index in [1.54, 1.807) is 21.0 Å². The summed E-state index contributed by atoms with van der Waals surface area (Å²) in [4.78, 5) is 13.5. The van der Waals surface area contributed by atoms with Crippen molar-refractivity contribution in [3.05, 3.63) is 48.6 Å². The Bertz CT molecular complexity index is 994. The molecule has 3 aliphatic heterocycles. The molecule has 2 bridgehead atoms.